The summed E-state index contributed by atoms with van der Waals surface area (Å²) < 4.78 is 10.5. The van der Waals surface area contributed by atoms with E-state index in [1.807, 2.05) is 25.1 Å². The van der Waals surface area contributed by atoms with Gasteiger partial charge >= 0.3 is 0 Å². The van der Waals surface area contributed by atoms with Crippen molar-refractivity contribution < 1.29 is 14.3 Å². The molecule has 4 nitrogen and oxygen atoms in total. The third kappa shape index (κ3) is 2.22. The lowest BCUT2D eigenvalue weighted by atomic mass is 10.1. The second kappa shape index (κ2) is 4.61. The van der Waals surface area contributed by atoms with Crippen LogP contribution in [0, 0.1) is 0 Å². The van der Waals surface area contributed by atoms with Gasteiger partial charge in [0.25, 0.3) is 0 Å². The molecule has 0 fully saturated rings. The highest BCUT2D eigenvalue weighted by Crippen LogP contribution is 2.34. The molecule has 0 bridgehead atoms. The topological polar surface area (TPSA) is 47.6 Å². The SMILES string of the molecule is C[C@H](NC(=O)CCl)c1ccc2c(c1)OCO2. The molecular weight excluding hydrogens is 230 g/mol. The van der Waals surface area contributed by atoms with Gasteiger partial charge in [-0.05, 0) is 24.6 Å². The van der Waals surface area contributed by atoms with Gasteiger partial charge in [-0.1, -0.05) is 6.07 Å². The molecule has 0 spiro atoms. The van der Waals surface area contributed by atoms with Crippen molar-refractivity contribution >= 4 is 17.5 Å². The van der Waals surface area contributed by atoms with Crippen LogP contribution < -0.4 is 14.8 Å². The Balaban J connectivity index is 2.12. The highest BCUT2D eigenvalue weighted by atomic mass is 35.5. The van der Waals surface area contributed by atoms with E-state index in [0.29, 0.717) is 5.75 Å². The molecule has 1 aromatic rings. The minimum absolute atomic E-state index is 0.0328. The summed E-state index contributed by atoms with van der Waals surface area (Å²) in [5, 5.41) is 2.77. The number of hydrogen-bond donors (Lipinski definition) is 1. The molecule has 0 saturated carbocycles. The predicted molar refractivity (Wildman–Crippen MR) is 59.8 cm³/mol. The highest BCUT2D eigenvalue weighted by molar-refractivity contribution is 6.27. The Morgan fingerprint density at radius 1 is 1.50 bits per heavy atom. The fourth-order valence-electron chi connectivity index (χ4n) is 1.55. The number of fused-ring (bicyclic) bond motifs is 1. The first-order valence-electron chi connectivity index (χ1n) is 4.95. The second-order valence-electron chi connectivity index (χ2n) is 3.54. The maximum absolute atomic E-state index is 11.1. The summed E-state index contributed by atoms with van der Waals surface area (Å²) in [7, 11) is 0. The Morgan fingerprint density at radius 2 is 2.25 bits per heavy atom. The van der Waals surface area contributed by atoms with Crippen molar-refractivity contribution in [1.29, 1.82) is 0 Å². The first-order valence-corrected chi connectivity index (χ1v) is 5.49. The van der Waals surface area contributed by atoms with E-state index in [1.165, 1.54) is 0 Å². The van der Waals surface area contributed by atoms with Crippen LogP contribution in [0.1, 0.15) is 18.5 Å². The quantitative estimate of drug-likeness (QED) is 0.822. The van der Waals surface area contributed by atoms with Gasteiger partial charge in [0.05, 0.1) is 6.04 Å². The molecule has 0 saturated heterocycles. The molecule has 0 unspecified atom stereocenters. The Hall–Kier alpha value is -1.42. The largest absolute Gasteiger partial charge is 0.454 e. The van der Waals surface area contributed by atoms with Gasteiger partial charge in [0, 0.05) is 0 Å². The lowest BCUT2D eigenvalue weighted by Crippen LogP contribution is -2.27. The van der Waals surface area contributed by atoms with Crippen molar-refractivity contribution in [3.63, 3.8) is 0 Å². The summed E-state index contributed by atoms with van der Waals surface area (Å²) in [6.45, 7) is 2.14. The maximum atomic E-state index is 11.1. The minimum atomic E-state index is -0.188. The molecule has 86 valence electrons. The average molecular weight is 242 g/mol. The summed E-state index contributed by atoms with van der Waals surface area (Å²) in [5.41, 5.74) is 0.961. The van der Waals surface area contributed by atoms with Crippen molar-refractivity contribution in [1.82, 2.24) is 5.32 Å². The third-order valence-electron chi connectivity index (χ3n) is 2.40. The first kappa shape index (κ1) is 11.1. The van der Waals surface area contributed by atoms with Crippen molar-refractivity contribution in [2.24, 2.45) is 0 Å². The minimum Gasteiger partial charge on any atom is -0.454 e. The molecule has 1 heterocycles. The summed E-state index contributed by atoms with van der Waals surface area (Å²) >= 11 is 5.42. The van der Waals surface area contributed by atoms with Crippen LogP contribution in [0.25, 0.3) is 0 Å². The second-order valence-corrected chi connectivity index (χ2v) is 3.80. The number of hydrogen-bond acceptors (Lipinski definition) is 3. The number of benzene rings is 1. The van der Waals surface area contributed by atoms with Crippen LogP contribution in [-0.2, 0) is 4.79 Å². The van der Waals surface area contributed by atoms with Gasteiger partial charge in [-0.3, -0.25) is 4.79 Å². The molecule has 1 aliphatic rings. The van der Waals surface area contributed by atoms with Crippen LogP contribution in [0.2, 0.25) is 0 Å². The molecule has 0 aromatic heterocycles. The van der Waals surface area contributed by atoms with Gasteiger partial charge in [-0.15, -0.1) is 11.6 Å². The highest BCUT2D eigenvalue weighted by Gasteiger charge is 2.16. The van der Waals surface area contributed by atoms with Crippen LogP contribution in [0.4, 0.5) is 0 Å². The van der Waals surface area contributed by atoms with Gasteiger partial charge in [0.1, 0.15) is 5.88 Å². The van der Waals surface area contributed by atoms with Gasteiger partial charge in [0.2, 0.25) is 12.7 Å². The number of rotatable bonds is 3. The summed E-state index contributed by atoms with van der Waals surface area (Å²) in [6, 6.07) is 5.50. The summed E-state index contributed by atoms with van der Waals surface area (Å²) in [4.78, 5) is 11.1. The zero-order chi connectivity index (χ0) is 11.5. The molecule has 1 N–H and O–H groups in total. The van der Waals surface area contributed by atoms with Crippen LogP contribution in [0.3, 0.4) is 0 Å². The molecule has 1 atom stereocenters. The van der Waals surface area contributed by atoms with Gasteiger partial charge in [-0.2, -0.15) is 0 Å². The van der Waals surface area contributed by atoms with E-state index < -0.39 is 0 Å². The standard InChI is InChI=1S/C11H12ClNO3/c1-7(13-11(14)5-12)8-2-3-9-10(4-8)16-6-15-9/h2-4,7H,5-6H2,1H3,(H,13,14)/t7-/m0/s1. The molecule has 2 rings (SSSR count). The Kier molecular flexibility index (Phi) is 3.19. The fraction of sp³-hybridized carbons (Fsp3) is 0.364. The summed E-state index contributed by atoms with van der Waals surface area (Å²) in [6.07, 6.45) is 0. The number of carbonyl (C=O) groups excluding carboxylic acids is 1. The van der Waals surface area contributed by atoms with E-state index >= 15 is 0 Å². The summed E-state index contributed by atoms with van der Waals surface area (Å²) in [5.74, 6) is 1.23. The molecule has 1 aliphatic heterocycles. The molecule has 1 amide bonds. The Bertz CT molecular complexity index is 408. The normalized spacial score (nSPS) is 14.6. The molecule has 0 radical (unpaired) electrons. The van der Waals surface area contributed by atoms with Crippen LogP contribution in [0.5, 0.6) is 11.5 Å². The van der Waals surface area contributed by atoms with E-state index in [4.69, 9.17) is 21.1 Å². The van der Waals surface area contributed by atoms with Crippen molar-refractivity contribution in [3.8, 4) is 11.5 Å². The number of ether oxygens (including phenoxy) is 2. The Labute approximate surface area is 98.5 Å². The van der Waals surface area contributed by atoms with E-state index in [1.54, 1.807) is 0 Å². The smallest absolute Gasteiger partial charge is 0.235 e. The number of nitrogens with one attached hydrogen (secondary N) is 1. The van der Waals surface area contributed by atoms with E-state index in [2.05, 4.69) is 5.32 Å². The zero-order valence-corrected chi connectivity index (χ0v) is 9.58. The van der Waals surface area contributed by atoms with Gasteiger partial charge < -0.3 is 14.8 Å². The number of carbonyl (C=O) groups is 1. The first-order chi connectivity index (χ1) is 7.70. The molecule has 5 heteroatoms. The average Bonchev–Trinajstić information content (AvgIpc) is 2.75. The lowest BCUT2D eigenvalue weighted by Gasteiger charge is -2.13. The zero-order valence-electron chi connectivity index (χ0n) is 8.83. The van der Waals surface area contributed by atoms with E-state index in [-0.39, 0.29) is 24.6 Å². The van der Waals surface area contributed by atoms with Gasteiger partial charge in [-0.25, -0.2) is 0 Å². The number of halogens is 1. The Morgan fingerprint density at radius 3 is 3.00 bits per heavy atom. The fourth-order valence-corrected chi connectivity index (χ4v) is 1.62. The lowest BCUT2D eigenvalue weighted by molar-refractivity contribution is -0.119. The van der Waals surface area contributed by atoms with Crippen LogP contribution in [0.15, 0.2) is 18.2 Å². The van der Waals surface area contributed by atoms with Crippen LogP contribution in [-0.4, -0.2) is 18.6 Å². The van der Waals surface area contributed by atoms with Gasteiger partial charge in [0.15, 0.2) is 11.5 Å². The van der Waals surface area contributed by atoms with Crippen molar-refractivity contribution in [2.45, 2.75) is 13.0 Å². The van der Waals surface area contributed by atoms with Crippen molar-refractivity contribution in [2.75, 3.05) is 12.7 Å². The molecule has 0 aliphatic carbocycles. The van der Waals surface area contributed by atoms with E-state index in [9.17, 15) is 4.79 Å². The number of alkyl halides is 1. The van der Waals surface area contributed by atoms with E-state index in [0.717, 1.165) is 11.3 Å². The monoisotopic (exact) mass is 241 g/mol. The maximum Gasteiger partial charge on any atom is 0.235 e. The molecule has 1 aromatic carbocycles. The molecular formula is C11H12ClNO3. The van der Waals surface area contributed by atoms with Crippen molar-refractivity contribution in [3.05, 3.63) is 23.8 Å². The van der Waals surface area contributed by atoms with Crippen LogP contribution >= 0.6 is 11.6 Å². The molecule has 16 heavy (non-hydrogen) atoms. The third-order valence-corrected chi connectivity index (χ3v) is 2.64. The predicted octanol–water partition coefficient (Wildman–Crippen LogP) is 1.83. The number of amides is 1.